The molecule has 0 amide bonds. The SMILES string of the molecule is CC(=O)C1CC(Oc2ccc(-c3noc(-c4cnc(OC(C)C)c(Cl)c4)n3)c(Cl)c2)C1.CC(C)Oc1ncc(-c2nc(-c3ccc(OC4CC(C(=O)O)C4)cc3Cl)no2)cc1Cl. The molecular formula is C43H40Cl4N6O9. The molecule has 15 nitrogen and oxygen atoms in total. The van der Waals surface area contributed by atoms with Gasteiger partial charge in [0, 0.05) is 29.4 Å². The van der Waals surface area contributed by atoms with Gasteiger partial charge in [-0.1, -0.05) is 56.7 Å². The van der Waals surface area contributed by atoms with E-state index in [0.717, 1.165) is 12.8 Å². The first-order chi connectivity index (χ1) is 29.6. The summed E-state index contributed by atoms with van der Waals surface area (Å²) in [6.07, 6.45) is 5.37. The number of nitrogens with zero attached hydrogens (tertiary/aromatic N) is 6. The van der Waals surface area contributed by atoms with Crippen molar-refractivity contribution in [1.82, 2.24) is 30.2 Å². The van der Waals surface area contributed by atoms with E-state index < -0.39 is 5.97 Å². The topological polar surface area (TPSA) is 195 Å². The highest BCUT2D eigenvalue weighted by Crippen LogP contribution is 2.38. The summed E-state index contributed by atoms with van der Waals surface area (Å²) in [4.78, 5) is 39.5. The maximum absolute atomic E-state index is 11.3. The molecule has 19 heteroatoms. The van der Waals surface area contributed by atoms with Crippen molar-refractivity contribution in [2.45, 2.75) is 84.7 Å². The van der Waals surface area contributed by atoms with Gasteiger partial charge in [0.15, 0.2) is 0 Å². The Balaban J connectivity index is 0.000000186. The highest BCUT2D eigenvalue weighted by molar-refractivity contribution is 6.34. The van der Waals surface area contributed by atoms with E-state index in [1.807, 2.05) is 27.7 Å². The van der Waals surface area contributed by atoms with Crippen LogP contribution >= 0.6 is 46.4 Å². The number of benzene rings is 2. The van der Waals surface area contributed by atoms with Gasteiger partial charge in [-0.15, -0.1) is 0 Å². The van der Waals surface area contributed by atoms with Crippen LogP contribution in [0.5, 0.6) is 23.3 Å². The van der Waals surface area contributed by atoms with Crippen molar-refractivity contribution in [3.8, 4) is 68.9 Å². The van der Waals surface area contributed by atoms with E-state index in [2.05, 4.69) is 30.2 Å². The average molecular weight is 927 g/mol. The van der Waals surface area contributed by atoms with Gasteiger partial charge in [0.25, 0.3) is 11.8 Å². The fraction of sp³-hybridized carbons (Fsp3) is 0.349. The zero-order valence-corrected chi connectivity index (χ0v) is 37.0. The highest BCUT2D eigenvalue weighted by Gasteiger charge is 2.36. The minimum Gasteiger partial charge on any atom is -0.490 e. The molecule has 6 aromatic rings. The van der Waals surface area contributed by atoms with E-state index in [1.54, 1.807) is 67.8 Å². The lowest BCUT2D eigenvalue weighted by Crippen LogP contribution is -2.38. The number of hydrogen-bond donors (Lipinski definition) is 1. The summed E-state index contributed by atoms with van der Waals surface area (Å²) in [7, 11) is 0. The first-order valence-corrected chi connectivity index (χ1v) is 21.1. The van der Waals surface area contributed by atoms with Crippen LogP contribution in [0.1, 0.15) is 60.3 Å². The molecule has 4 heterocycles. The van der Waals surface area contributed by atoms with Crippen LogP contribution < -0.4 is 18.9 Å². The van der Waals surface area contributed by atoms with Gasteiger partial charge in [0.2, 0.25) is 23.4 Å². The molecule has 0 radical (unpaired) electrons. The first-order valence-electron chi connectivity index (χ1n) is 19.6. The fourth-order valence-corrected chi connectivity index (χ4v) is 7.28. The molecule has 8 rings (SSSR count). The third-order valence-corrected chi connectivity index (χ3v) is 10.9. The van der Waals surface area contributed by atoms with Gasteiger partial charge in [0.1, 0.15) is 39.5 Å². The molecule has 0 saturated heterocycles. The molecule has 0 atom stereocenters. The Morgan fingerprint density at radius 1 is 0.645 bits per heavy atom. The second-order valence-corrected chi connectivity index (χ2v) is 16.9. The van der Waals surface area contributed by atoms with E-state index in [9.17, 15) is 9.59 Å². The summed E-state index contributed by atoms with van der Waals surface area (Å²) >= 11 is 25.3. The lowest BCUT2D eigenvalue weighted by atomic mass is 9.80. The number of pyridine rings is 2. The predicted octanol–water partition coefficient (Wildman–Crippen LogP) is 10.8. The van der Waals surface area contributed by atoms with Gasteiger partial charge in [-0.25, -0.2) is 9.97 Å². The third kappa shape index (κ3) is 10.8. The predicted molar refractivity (Wildman–Crippen MR) is 230 cm³/mol. The summed E-state index contributed by atoms with van der Waals surface area (Å²) in [5.41, 5.74) is 2.30. The molecule has 2 fully saturated rings. The maximum atomic E-state index is 11.3. The number of ketones is 1. The van der Waals surface area contributed by atoms with Gasteiger partial charge >= 0.3 is 5.97 Å². The summed E-state index contributed by atoms with van der Waals surface area (Å²) in [6.45, 7) is 9.17. The normalized spacial score (nSPS) is 18.0. The monoisotopic (exact) mass is 924 g/mol. The van der Waals surface area contributed by atoms with Crippen LogP contribution in [0.4, 0.5) is 0 Å². The van der Waals surface area contributed by atoms with E-state index in [0.29, 0.717) is 90.1 Å². The Bertz CT molecular complexity index is 2400. The first kappa shape index (κ1) is 44.6. The van der Waals surface area contributed by atoms with Crippen molar-refractivity contribution in [2.75, 3.05) is 0 Å². The number of carbonyl (C=O) groups excluding carboxylic acids is 1. The van der Waals surface area contributed by atoms with E-state index in [4.69, 9.17) is 79.5 Å². The lowest BCUT2D eigenvalue weighted by Gasteiger charge is -2.33. The molecule has 2 aromatic carbocycles. The molecule has 2 aliphatic rings. The van der Waals surface area contributed by atoms with Crippen LogP contribution in [-0.2, 0) is 9.59 Å². The molecule has 324 valence electrons. The molecule has 2 aliphatic carbocycles. The Labute approximate surface area is 376 Å². The number of Topliss-reactive ketones (excluding diaryl/α,β-unsaturated/α-hetero) is 1. The Hall–Kier alpha value is -5.48. The molecule has 0 bridgehead atoms. The number of ether oxygens (including phenoxy) is 4. The Morgan fingerprint density at radius 2 is 1.06 bits per heavy atom. The summed E-state index contributed by atoms with van der Waals surface area (Å²) < 4.78 is 33.5. The van der Waals surface area contributed by atoms with Gasteiger partial charge < -0.3 is 33.1 Å². The van der Waals surface area contributed by atoms with Gasteiger partial charge in [-0.2, -0.15) is 9.97 Å². The van der Waals surface area contributed by atoms with Crippen LogP contribution in [0.15, 0.2) is 70.0 Å². The molecule has 1 N–H and O–H groups in total. The minimum atomic E-state index is -0.792. The average Bonchev–Trinajstić information content (AvgIpc) is 3.87. The third-order valence-electron chi connectivity index (χ3n) is 9.74. The second kappa shape index (κ2) is 19.3. The molecule has 4 aromatic heterocycles. The molecule has 0 aliphatic heterocycles. The lowest BCUT2D eigenvalue weighted by molar-refractivity contribution is -0.147. The fourth-order valence-electron chi connectivity index (χ4n) is 6.35. The quantitative estimate of drug-likeness (QED) is 0.108. The standard InChI is InChI=1S/C22H21Cl2N3O4.C21H19Cl2N3O5/c1-11(2)29-22-19(24)8-14(10-25-22)21-26-20(27-31-21)17-5-4-15(9-18(17)23)30-16-6-13(7-16)12(3)28;1-10(2)29-20-17(23)7-12(9-24-20)19-25-18(26-31-19)15-4-3-13(8-16(15)22)30-14-5-11(6-14)21(27)28/h4-5,8-11,13,16H,6-7H2,1-3H3;3-4,7-11,14H,5-6H2,1-2H3,(H,27,28). The van der Waals surface area contributed by atoms with Crippen molar-refractivity contribution in [3.05, 3.63) is 81.0 Å². The van der Waals surface area contributed by atoms with Crippen LogP contribution in [0.25, 0.3) is 45.7 Å². The van der Waals surface area contributed by atoms with Crippen molar-refractivity contribution in [2.24, 2.45) is 11.8 Å². The molecule has 62 heavy (non-hydrogen) atoms. The molecule has 0 unspecified atom stereocenters. The Morgan fingerprint density at radius 3 is 1.42 bits per heavy atom. The number of rotatable bonds is 14. The van der Waals surface area contributed by atoms with Crippen LogP contribution in [0.3, 0.4) is 0 Å². The molecular weight excluding hydrogens is 886 g/mol. The van der Waals surface area contributed by atoms with Crippen molar-refractivity contribution in [3.63, 3.8) is 0 Å². The number of carboxylic acid groups (broad SMARTS) is 1. The van der Waals surface area contributed by atoms with E-state index in [1.165, 1.54) is 0 Å². The highest BCUT2D eigenvalue weighted by atomic mass is 35.5. The summed E-state index contributed by atoms with van der Waals surface area (Å²) in [5.74, 6) is 2.21. The molecule has 2 saturated carbocycles. The number of carbonyl (C=O) groups is 2. The molecule has 0 spiro atoms. The van der Waals surface area contributed by atoms with Crippen LogP contribution in [0.2, 0.25) is 20.1 Å². The largest absolute Gasteiger partial charge is 0.490 e. The number of carboxylic acids is 1. The van der Waals surface area contributed by atoms with Crippen molar-refractivity contribution in [1.29, 1.82) is 0 Å². The summed E-state index contributed by atoms with van der Waals surface area (Å²) in [6, 6.07) is 13.7. The van der Waals surface area contributed by atoms with Gasteiger partial charge in [0.05, 0.1) is 39.3 Å². The zero-order chi connectivity index (χ0) is 44.2. The van der Waals surface area contributed by atoms with Crippen LogP contribution in [-0.4, -0.2) is 71.5 Å². The number of hydrogen-bond acceptors (Lipinski definition) is 14. The number of aliphatic carboxylic acids is 1. The van der Waals surface area contributed by atoms with Gasteiger partial charge in [-0.3, -0.25) is 9.59 Å². The summed E-state index contributed by atoms with van der Waals surface area (Å²) in [5, 5.41) is 18.5. The number of halogens is 4. The van der Waals surface area contributed by atoms with E-state index in [-0.39, 0.29) is 53.8 Å². The maximum Gasteiger partial charge on any atom is 0.306 e. The van der Waals surface area contributed by atoms with Crippen molar-refractivity contribution >= 4 is 58.2 Å². The smallest absolute Gasteiger partial charge is 0.306 e. The number of aromatic nitrogens is 6. The van der Waals surface area contributed by atoms with Crippen LogP contribution in [0, 0.1) is 11.8 Å². The van der Waals surface area contributed by atoms with Gasteiger partial charge in [-0.05, 0) is 109 Å². The minimum absolute atomic E-state index is 0.0347. The second-order valence-electron chi connectivity index (χ2n) is 15.2. The van der Waals surface area contributed by atoms with E-state index >= 15 is 0 Å². The van der Waals surface area contributed by atoms with Crippen molar-refractivity contribution < 1.29 is 42.7 Å². The Kier molecular flexibility index (Phi) is 13.9. The zero-order valence-electron chi connectivity index (χ0n) is 34.0.